The fourth-order valence-corrected chi connectivity index (χ4v) is 4.49. The topological polar surface area (TPSA) is 85.0 Å². The van der Waals surface area contributed by atoms with E-state index in [0.29, 0.717) is 28.5 Å². The van der Waals surface area contributed by atoms with Gasteiger partial charge in [-0.15, -0.1) is 0 Å². The number of hydrogen-bond acceptors (Lipinski definition) is 6. The quantitative estimate of drug-likeness (QED) is 0.619. The molecule has 0 bridgehead atoms. The second-order valence-electron chi connectivity index (χ2n) is 7.52. The van der Waals surface area contributed by atoms with Gasteiger partial charge in [0.05, 0.1) is 17.9 Å². The number of fused-ring (bicyclic) bond motifs is 2. The lowest BCUT2D eigenvalue weighted by Crippen LogP contribution is -2.34. The molecular weight excluding hydrogens is 388 g/mol. The van der Waals surface area contributed by atoms with Crippen LogP contribution >= 0.6 is 11.8 Å². The summed E-state index contributed by atoms with van der Waals surface area (Å²) in [5.41, 5.74) is 2.43. The summed E-state index contributed by atoms with van der Waals surface area (Å²) in [6.07, 6.45) is 1.83. The van der Waals surface area contributed by atoms with Crippen molar-refractivity contribution in [3.05, 3.63) is 46.4 Å². The molecule has 1 aliphatic rings. The molecular formula is C20H24N6O2S. The van der Waals surface area contributed by atoms with Crippen molar-refractivity contribution in [3.63, 3.8) is 0 Å². The largest absolute Gasteiger partial charge is 0.355 e. The van der Waals surface area contributed by atoms with Crippen molar-refractivity contribution in [1.29, 1.82) is 0 Å². The number of likely N-dealkylation sites (N-methyl/N-ethyl adjacent to an activating group) is 1. The van der Waals surface area contributed by atoms with E-state index in [-0.39, 0.29) is 23.9 Å². The van der Waals surface area contributed by atoms with Crippen LogP contribution in [0, 0.1) is 6.92 Å². The average molecular weight is 413 g/mol. The van der Waals surface area contributed by atoms with Crippen LogP contribution in [0.25, 0.3) is 16.7 Å². The van der Waals surface area contributed by atoms with Crippen LogP contribution in [-0.4, -0.2) is 63.1 Å². The first kappa shape index (κ1) is 19.7. The number of rotatable bonds is 6. The van der Waals surface area contributed by atoms with E-state index < -0.39 is 0 Å². The van der Waals surface area contributed by atoms with Crippen molar-refractivity contribution in [2.75, 3.05) is 32.9 Å². The number of thioether (sulfide) groups is 1. The number of benzene rings is 1. The van der Waals surface area contributed by atoms with Crippen LogP contribution in [0.1, 0.15) is 18.0 Å². The minimum atomic E-state index is -0.193. The second kappa shape index (κ2) is 8.00. The zero-order chi connectivity index (χ0) is 20.5. The van der Waals surface area contributed by atoms with Gasteiger partial charge in [0.2, 0.25) is 5.91 Å². The van der Waals surface area contributed by atoms with Crippen molar-refractivity contribution in [1.82, 2.24) is 29.5 Å². The highest BCUT2D eigenvalue weighted by Crippen LogP contribution is 2.33. The highest BCUT2D eigenvalue weighted by atomic mass is 32.2. The molecule has 2 aromatic heterocycles. The summed E-state index contributed by atoms with van der Waals surface area (Å²) < 4.78 is 3.35. The summed E-state index contributed by atoms with van der Waals surface area (Å²) in [4.78, 5) is 32.1. The number of nitrogens with one attached hydrogen (secondary N) is 1. The zero-order valence-electron chi connectivity index (χ0n) is 16.8. The molecule has 0 aliphatic carbocycles. The third kappa shape index (κ3) is 3.92. The fraction of sp³-hybridized carbons (Fsp3) is 0.400. The number of hydrogen-bond donors (Lipinski definition) is 1. The predicted molar refractivity (Wildman–Crippen MR) is 114 cm³/mol. The summed E-state index contributed by atoms with van der Waals surface area (Å²) >= 11 is 1.51. The van der Waals surface area contributed by atoms with Crippen LogP contribution in [0.4, 0.5) is 0 Å². The van der Waals surface area contributed by atoms with Crippen LogP contribution in [-0.2, 0) is 4.79 Å². The maximum absolute atomic E-state index is 13.1. The third-order valence-corrected chi connectivity index (χ3v) is 6.05. The predicted octanol–water partition coefficient (Wildman–Crippen LogP) is 1.61. The number of nitrogens with zero attached hydrogens (tertiary/aromatic N) is 5. The number of aromatic nitrogens is 4. The number of carbonyl (C=O) groups excluding carboxylic acids is 1. The lowest BCUT2D eigenvalue weighted by Gasteiger charge is -2.14. The van der Waals surface area contributed by atoms with Gasteiger partial charge in [0.15, 0.2) is 10.8 Å². The molecule has 1 aromatic carbocycles. The van der Waals surface area contributed by atoms with Crippen LogP contribution < -0.4 is 10.9 Å². The minimum absolute atomic E-state index is 0.0485. The maximum atomic E-state index is 13.1. The van der Waals surface area contributed by atoms with E-state index >= 15 is 0 Å². The molecule has 1 amide bonds. The first-order chi connectivity index (χ1) is 13.9. The summed E-state index contributed by atoms with van der Waals surface area (Å²) in [5.74, 6) is 0.612. The summed E-state index contributed by atoms with van der Waals surface area (Å²) in [7, 11) is 3.92. The normalized spacial score (nSPS) is 15.8. The fourth-order valence-electron chi connectivity index (χ4n) is 3.36. The van der Waals surface area contributed by atoms with Gasteiger partial charge in [-0.1, -0.05) is 29.5 Å². The monoisotopic (exact) mass is 412 g/mol. The SMILES string of the molecule is Cc1ccc(-n2ncc3c(=O)n4c(nc32)SCC4CC(=O)NCCN(C)C)cc1. The Morgan fingerprint density at radius 3 is 2.79 bits per heavy atom. The first-order valence-electron chi connectivity index (χ1n) is 9.55. The molecule has 0 saturated carbocycles. The van der Waals surface area contributed by atoms with E-state index in [1.165, 1.54) is 11.8 Å². The molecule has 152 valence electrons. The molecule has 4 rings (SSSR count). The van der Waals surface area contributed by atoms with Gasteiger partial charge in [0, 0.05) is 25.3 Å². The highest BCUT2D eigenvalue weighted by molar-refractivity contribution is 7.99. The van der Waals surface area contributed by atoms with Gasteiger partial charge in [0.1, 0.15) is 5.39 Å². The van der Waals surface area contributed by atoms with Gasteiger partial charge in [-0.2, -0.15) is 5.10 Å². The molecule has 3 heterocycles. The minimum Gasteiger partial charge on any atom is -0.355 e. The average Bonchev–Trinajstić information content (AvgIpc) is 3.27. The Labute approximate surface area is 172 Å². The van der Waals surface area contributed by atoms with Crippen molar-refractivity contribution in [2.24, 2.45) is 0 Å². The van der Waals surface area contributed by atoms with Crippen molar-refractivity contribution >= 4 is 28.7 Å². The molecule has 1 N–H and O–H groups in total. The molecule has 1 atom stereocenters. The van der Waals surface area contributed by atoms with Gasteiger partial charge in [-0.05, 0) is 33.2 Å². The van der Waals surface area contributed by atoms with Crippen LogP contribution in [0.5, 0.6) is 0 Å². The van der Waals surface area contributed by atoms with Gasteiger partial charge in [-0.25, -0.2) is 9.67 Å². The zero-order valence-corrected chi connectivity index (χ0v) is 17.6. The Hall–Kier alpha value is -2.65. The smallest absolute Gasteiger partial charge is 0.265 e. The van der Waals surface area contributed by atoms with Gasteiger partial charge in [0.25, 0.3) is 5.56 Å². The van der Waals surface area contributed by atoms with E-state index in [9.17, 15) is 9.59 Å². The Morgan fingerprint density at radius 2 is 2.07 bits per heavy atom. The van der Waals surface area contributed by atoms with Crippen LogP contribution in [0.2, 0.25) is 0 Å². The molecule has 0 spiro atoms. The van der Waals surface area contributed by atoms with E-state index in [2.05, 4.69) is 10.4 Å². The molecule has 1 unspecified atom stereocenters. The number of aryl methyl sites for hydroxylation is 1. The Kier molecular flexibility index (Phi) is 5.42. The molecule has 3 aromatic rings. The third-order valence-electron chi connectivity index (χ3n) is 4.95. The first-order valence-corrected chi connectivity index (χ1v) is 10.5. The number of amides is 1. The number of carbonyl (C=O) groups is 1. The Morgan fingerprint density at radius 1 is 1.31 bits per heavy atom. The molecule has 1 aliphatic heterocycles. The van der Waals surface area contributed by atoms with Gasteiger partial charge in [-0.3, -0.25) is 14.2 Å². The summed E-state index contributed by atoms with van der Waals surface area (Å²) in [5, 5.41) is 8.41. The van der Waals surface area contributed by atoms with Crippen molar-refractivity contribution in [3.8, 4) is 5.69 Å². The van der Waals surface area contributed by atoms with E-state index in [1.807, 2.05) is 50.2 Å². The molecule has 0 radical (unpaired) electrons. The second-order valence-corrected chi connectivity index (χ2v) is 8.51. The van der Waals surface area contributed by atoms with Gasteiger partial charge < -0.3 is 10.2 Å². The maximum Gasteiger partial charge on any atom is 0.265 e. The molecule has 9 heteroatoms. The Bertz CT molecular complexity index is 1100. The summed E-state index contributed by atoms with van der Waals surface area (Å²) in [6.45, 7) is 3.39. The Balaban J connectivity index is 1.61. The lowest BCUT2D eigenvalue weighted by molar-refractivity contribution is -0.121. The molecule has 8 nitrogen and oxygen atoms in total. The molecule has 0 saturated heterocycles. The highest BCUT2D eigenvalue weighted by Gasteiger charge is 2.29. The van der Waals surface area contributed by atoms with Crippen LogP contribution in [0.15, 0.2) is 40.4 Å². The van der Waals surface area contributed by atoms with E-state index in [1.54, 1.807) is 15.4 Å². The standard InChI is InChI=1S/C20H24N6O2S/c1-13-4-6-14(7-5-13)26-18-16(11-22-26)19(28)25-15(12-29-20(25)23-18)10-17(27)21-8-9-24(2)3/h4-7,11,15H,8-10,12H2,1-3H3,(H,21,27). The summed E-state index contributed by atoms with van der Waals surface area (Å²) in [6, 6.07) is 7.73. The van der Waals surface area contributed by atoms with Gasteiger partial charge >= 0.3 is 0 Å². The molecule has 0 fully saturated rings. The van der Waals surface area contributed by atoms with Crippen LogP contribution in [0.3, 0.4) is 0 Å². The lowest BCUT2D eigenvalue weighted by atomic mass is 10.2. The van der Waals surface area contributed by atoms with E-state index in [4.69, 9.17) is 4.98 Å². The van der Waals surface area contributed by atoms with E-state index in [0.717, 1.165) is 17.8 Å². The van der Waals surface area contributed by atoms with Crippen molar-refractivity contribution < 1.29 is 4.79 Å². The van der Waals surface area contributed by atoms with Crippen molar-refractivity contribution in [2.45, 2.75) is 24.5 Å². The molecule has 29 heavy (non-hydrogen) atoms.